The highest BCUT2D eigenvalue weighted by Crippen LogP contribution is 2.35. The van der Waals surface area contributed by atoms with Crippen molar-refractivity contribution in [1.29, 1.82) is 0 Å². The van der Waals surface area contributed by atoms with Crippen molar-refractivity contribution in [2.75, 3.05) is 0 Å². The summed E-state index contributed by atoms with van der Waals surface area (Å²) in [6.07, 6.45) is -2.28. The number of carbonyl (C=O) groups excluding carboxylic acids is 1. The molecule has 2 atom stereocenters. The van der Waals surface area contributed by atoms with Crippen LogP contribution in [0.5, 0.6) is 0 Å². The summed E-state index contributed by atoms with van der Waals surface area (Å²) >= 11 is 2.07. The number of nitrogens with zero attached hydrogens (tertiary/aromatic N) is 1. The van der Waals surface area contributed by atoms with Crippen LogP contribution in [-0.4, -0.2) is 41.9 Å². The van der Waals surface area contributed by atoms with Gasteiger partial charge in [-0.25, -0.2) is 13.6 Å². The van der Waals surface area contributed by atoms with Crippen LogP contribution in [0.15, 0.2) is 16.3 Å². The minimum absolute atomic E-state index is 0.0330. The first-order valence-corrected chi connectivity index (χ1v) is 9.04. The lowest BCUT2D eigenvalue weighted by atomic mass is 10.3. The Kier molecular flexibility index (Phi) is 4.38. The highest BCUT2D eigenvalue weighted by molar-refractivity contribution is 7.91. The van der Waals surface area contributed by atoms with Gasteiger partial charge in [0, 0.05) is 5.39 Å². The highest BCUT2D eigenvalue weighted by Gasteiger charge is 2.26. The zero-order valence-electron chi connectivity index (χ0n) is 11.2. The maximum atomic E-state index is 12.3. The van der Waals surface area contributed by atoms with Crippen molar-refractivity contribution in [3.63, 3.8) is 0 Å². The van der Waals surface area contributed by atoms with Crippen molar-refractivity contribution in [1.82, 2.24) is 4.90 Å². The summed E-state index contributed by atoms with van der Waals surface area (Å²) < 4.78 is 23.2. The van der Waals surface area contributed by atoms with Crippen LogP contribution in [0.3, 0.4) is 0 Å². The summed E-state index contributed by atoms with van der Waals surface area (Å²) in [7, 11) is -3.76. The van der Waals surface area contributed by atoms with E-state index < -0.39 is 28.4 Å². The van der Waals surface area contributed by atoms with Gasteiger partial charge in [0.25, 0.3) is 5.91 Å². The maximum Gasteiger partial charge on any atom is 0.268 e. The van der Waals surface area contributed by atoms with Crippen LogP contribution in [0.2, 0.25) is 0 Å². The number of fused-ring (bicyclic) bond motifs is 1. The molecule has 0 aliphatic carbocycles. The van der Waals surface area contributed by atoms with E-state index in [0.717, 1.165) is 27.6 Å². The molecule has 21 heavy (non-hydrogen) atoms. The van der Waals surface area contributed by atoms with Crippen molar-refractivity contribution in [2.45, 2.75) is 30.5 Å². The summed E-state index contributed by atoms with van der Waals surface area (Å²) in [4.78, 5) is 13.5. The number of thiophene rings is 2. The van der Waals surface area contributed by atoms with Crippen LogP contribution >= 0.6 is 22.7 Å². The molecule has 1 amide bonds. The Hall–Kier alpha value is -1.04. The molecule has 0 saturated heterocycles. The van der Waals surface area contributed by atoms with Crippen molar-refractivity contribution in [3.05, 3.63) is 17.0 Å². The number of amides is 1. The third-order valence-corrected chi connectivity index (χ3v) is 6.52. The molecule has 0 aliphatic heterocycles. The van der Waals surface area contributed by atoms with E-state index in [1.165, 1.54) is 26.0 Å². The molecule has 10 heteroatoms. The van der Waals surface area contributed by atoms with Crippen LogP contribution in [0.25, 0.3) is 9.40 Å². The molecular formula is C11H14N2O5S3. The number of rotatable bonds is 4. The van der Waals surface area contributed by atoms with Gasteiger partial charge in [-0.3, -0.25) is 9.69 Å². The van der Waals surface area contributed by atoms with Crippen molar-refractivity contribution in [3.8, 4) is 0 Å². The maximum absolute atomic E-state index is 12.3. The quantitative estimate of drug-likeness (QED) is 0.702. The molecule has 0 spiro atoms. The van der Waals surface area contributed by atoms with Crippen LogP contribution < -0.4 is 5.14 Å². The second-order valence-corrected chi connectivity index (χ2v) is 8.59. The molecule has 0 bridgehead atoms. The van der Waals surface area contributed by atoms with Crippen molar-refractivity contribution >= 4 is 48.0 Å². The molecule has 7 nitrogen and oxygen atoms in total. The standard InChI is InChI=1S/C11H14N2O5S3/c1-5(14)13(6(2)15)10(16)8-3-7-4-9(21(12,17)18)20-11(7)19-8/h3-6,14-15H,1-2H3,(H2,12,17,18). The third-order valence-electron chi connectivity index (χ3n) is 2.72. The Labute approximate surface area is 129 Å². The number of hydrogen-bond acceptors (Lipinski definition) is 7. The Morgan fingerprint density at radius 3 is 2.24 bits per heavy atom. The molecule has 0 radical (unpaired) electrons. The lowest BCUT2D eigenvalue weighted by molar-refractivity contribution is -0.0605. The topological polar surface area (TPSA) is 121 Å². The van der Waals surface area contributed by atoms with Gasteiger partial charge in [0.1, 0.15) is 16.7 Å². The molecule has 2 rings (SSSR count). The average molecular weight is 350 g/mol. The van der Waals surface area contributed by atoms with E-state index in [1.807, 2.05) is 0 Å². The Morgan fingerprint density at radius 1 is 1.24 bits per heavy atom. The van der Waals surface area contributed by atoms with Crippen molar-refractivity contribution in [2.24, 2.45) is 5.14 Å². The number of carbonyl (C=O) groups is 1. The molecule has 0 fully saturated rings. The fraction of sp³-hybridized carbons (Fsp3) is 0.364. The normalized spacial score (nSPS) is 15.1. The number of nitrogens with two attached hydrogens (primary N) is 1. The third kappa shape index (κ3) is 3.25. The number of sulfonamides is 1. The summed E-state index contributed by atoms with van der Waals surface area (Å²) in [5, 5.41) is 24.7. The SMILES string of the molecule is CC(O)N(C(=O)c1cc2cc(S(N)(=O)=O)sc2s1)C(C)O. The predicted octanol–water partition coefficient (Wildman–Crippen LogP) is 0.729. The van der Waals surface area contributed by atoms with Crippen LogP contribution in [0.4, 0.5) is 0 Å². The van der Waals surface area contributed by atoms with Gasteiger partial charge in [-0.15, -0.1) is 22.7 Å². The summed E-state index contributed by atoms with van der Waals surface area (Å²) in [5.41, 5.74) is 0. The number of aliphatic hydroxyl groups is 2. The van der Waals surface area contributed by atoms with Crippen LogP contribution in [0.1, 0.15) is 23.5 Å². The first kappa shape index (κ1) is 16.3. The van der Waals surface area contributed by atoms with Gasteiger partial charge >= 0.3 is 0 Å². The van der Waals surface area contributed by atoms with E-state index >= 15 is 0 Å². The molecule has 4 N–H and O–H groups in total. The minimum Gasteiger partial charge on any atom is -0.374 e. The number of hydrogen-bond donors (Lipinski definition) is 3. The Bertz CT molecular complexity index is 735. The second-order valence-electron chi connectivity index (χ2n) is 4.44. The van der Waals surface area contributed by atoms with Gasteiger partial charge in [0.2, 0.25) is 10.0 Å². The molecule has 2 aromatic rings. The van der Waals surface area contributed by atoms with Gasteiger partial charge in [0.05, 0.1) is 8.89 Å². The first-order chi connectivity index (χ1) is 9.61. The smallest absolute Gasteiger partial charge is 0.268 e. The molecule has 0 aromatic carbocycles. The zero-order valence-corrected chi connectivity index (χ0v) is 13.6. The molecule has 2 heterocycles. The Balaban J connectivity index is 2.40. The number of primary sulfonamides is 1. The van der Waals surface area contributed by atoms with Crippen LogP contribution in [-0.2, 0) is 10.0 Å². The largest absolute Gasteiger partial charge is 0.374 e. The summed E-state index contributed by atoms with van der Waals surface area (Å²) in [5.74, 6) is -0.523. The fourth-order valence-corrected chi connectivity index (χ4v) is 5.13. The van der Waals surface area contributed by atoms with Crippen molar-refractivity contribution < 1.29 is 23.4 Å². The Morgan fingerprint density at radius 2 is 1.81 bits per heavy atom. The van der Waals surface area contributed by atoms with Gasteiger partial charge in [-0.1, -0.05) is 0 Å². The zero-order chi connectivity index (χ0) is 15.9. The average Bonchev–Trinajstić information content (AvgIpc) is 2.83. The lowest BCUT2D eigenvalue weighted by Crippen LogP contribution is -2.44. The van der Waals surface area contributed by atoms with E-state index in [9.17, 15) is 23.4 Å². The predicted molar refractivity (Wildman–Crippen MR) is 80.6 cm³/mol. The van der Waals surface area contributed by atoms with E-state index in [4.69, 9.17) is 5.14 Å². The molecule has 2 unspecified atom stereocenters. The van der Waals surface area contributed by atoms with E-state index in [1.54, 1.807) is 0 Å². The van der Waals surface area contributed by atoms with E-state index in [2.05, 4.69) is 0 Å². The summed E-state index contributed by atoms with van der Waals surface area (Å²) in [6, 6.07) is 2.92. The molecular weight excluding hydrogens is 336 g/mol. The van der Waals surface area contributed by atoms with Crippen LogP contribution in [0, 0.1) is 0 Å². The monoisotopic (exact) mass is 350 g/mol. The minimum atomic E-state index is -3.76. The van der Waals surface area contributed by atoms with E-state index in [0.29, 0.717) is 14.3 Å². The molecule has 116 valence electrons. The highest BCUT2D eigenvalue weighted by atomic mass is 32.2. The van der Waals surface area contributed by atoms with E-state index in [-0.39, 0.29) is 4.21 Å². The molecule has 0 aliphatic rings. The second kappa shape index (κ2) is 5.63. The fourth-order valence-electron chi connectivity index (χ4n) is 1.84. The lowest BCUT2D eigenvalue weighted by Gasteiger charge is -2.27. The summed E-state index contributed by atoms with van der Waals surface area (Å²) in [6.45, 7) is 2.75. The van der Waals surface area contributed by atoms with Gasteiger partial charge in [-0.2, -0.15) is 0 Å². The number of aliphatic hydroxyl groups excluding tert-OH is 2. The first-order valence-electron chi connectivity index (χ1n) is 5.86. The van der Waals surface area contributed by atoms with Gasteiger partial charge < -0.3 is 10.2 Å². The van der Waals surface area contributed by atoms with Gasteiger partial charge in [-0.05, 0) is 26.0 Å². The molecule has 0 saturated carbocycles. The molecule has 2 aromatic heterocycles. The van der Waals surface area contributed by atoms with Gasteiger partial charge in [0.15, 0.2) is 0 Å².